The fraction of sp³-hybridized carbons (Fsp3) is 0.552. The lowest BCUT2D eigenvalue weighted by molar-refractivity contribution is -0.127. The molecule has 0 saturated heterocycles. The summed E-state index contributed by atoms with van der Waals surface area (Å²) in [6.45, 7) is 11.3. The number of aryl methyl sites for hydroxylation is 1. The fourth-order valence-corrected chi connectivity index (χ4v) is 4.50. The Hall–Kier alpha value is -2.41. The van der Waals surface area contributed by atoms with Gasteiger partial charge in [-0.05, 0) is 49.8 Å². The molecule has 0 aromatic heterocycles. The third-order valence-corrected chi connectivity index (χ3v) is 6.31. The van der Waals surface area contributed by atoms with E-state index in [4.69, 9.17) is 9.47 Å². The summed E-state index contributed by atoms with van der Waals surface area (Å²) in [5, 5.41) is 17.8. The monoisotopic (exact) mass is 482 g/mol. The van der Waals surface area contributed by atoms with Crippen LogP contribution in [0.3, 0.4) is 0 Å². The van der Waals surface area contributed by atoms with Crippen molar-refractivity contribution in [3.8, 4) is 5.75 Å². The molecule has 0 aliphatic carbocycles. The van der Waals surface area contributed by atoms with Gasteiger partial charge in [0.05, 0.1) is 12.1 Å². The third kappa shape index (κ3) is 8.34. The number of aliphatic hydroxyl groups excluding tert-OH is 1. The zero-order valence-electron chi connectivity index (χ0n) is 21.8. The molecule has 0 spiro atoms. The minimum atomic E-state index is -0.770. The Balaban J connectivity index is 1.69. The summed E-state index contributed by atoms with van der Waals surface area (Å²) in [5.41, 5.74) is 3.14. The topological polar surface area (TPSA) is 79.8 Å². The normalized spacial score (nSPS) is 18.4. The molecule has 1 aliphatic heterocycles. The Morgan fingerprint density at radius 1 is 1.17 bits per heavy atom. The largest absolute Gasteiger partial charge is 0.487 e. The Morgan fingerprint density at radius 3 is 2.60 bits per heavy atom. The van der Waals surface area contributed by atoms with Crippen LogP contribution in [0.15, 0.2) is 48.5 Å². The Morgan fingerprint density at radius 2 is 1.91 bits per heavy atom. The average Bonchev–Trinajstić information content (AvgIpc) is 2.81. The number of hydrogen-bond donors (Lipinski definition) is 3. The van der Waals surface area contributed by atoms with Gasteiger partial charge in [-0.3, -0.25) is 4.79 Å². The van der Waals surface area contributed by atoms with E-state index in [1.807, 2.05) is 44.2 Å². The predicted molar refractivity (Wildman–Crippen MR) is 140 cm³/mol. The summed E-state index contributed by atoms with van der Waals surface area (Å²) in [7, 11) is 0. The molecule has 2 aromatic rings. The molecule has 3 atom stereocenters. The van der Waals surface area contributed by atoms with Gasteiger partial charge in [0.15, 0.2) is 0 Å². The molecule has 192 valence electrons. The van der Waals surface area contributed by atoms with Crippen LogP contribution in [0.4, 0.5) is 0 Å². The standard InChI is InChI=1S/C29H42N2O4/c1-6-21-12-13-27-23(14-21)25(16-29(4,5)35-27)30-17-26(32)24(15-22-10-8-7-9-11-22)31-28(33)19-34-18-20(2)3/h7-14,20,24-26,30,32H,6,15-19H2,1-5H3,(H,31,33)/t24-,25-,26+/m0/s1. The maximum atomic E-state index is 12.6. The van der Waals surface area contributed by atoms with Crippen molar-refractivity contribution in [2.24, 2.45) is 5.92 Å². The van der Waals surface area contributed by atoms with Crippen LogP contribution in [-0.2, 0) is 22.4 Å². The molecule has 6 heteroatoms. The minimum Gasteiger partial charge on any atom is -0.487 e. The van der Waals surface area contributed by atoms with Gasteiger partial charge < -0.3 is 25.2 Å². The molecule has 0 unspecified atom stereocenters. The molecule has 0 saturated carbocycles. The zero-order valence-corrected chi connectivity index (χ0v) is 21.8. The van der Waals surface area contributed by atoms with E-state index >= 15 is 0 Å². The highest BCUT2D eigenvalue weighted by Gasteiger charge is 2.34. The van der Waals surface area contributed by atoms with Crippen LogP contribution >= 0.6 is 0 Å². The van der Waals surface area contributed by atoms with Crippen LogP contribution in [0.2, 0.25) is 0 Å². The Kier molecular flexibility index (Phi) is 9.72. The first-order valence-corrected chi connectivity index (χ1v) is 12.8. The molecule has 0 bridgehead atoms. The highest BCUT2D eigenvalue weighted by atomic mass is 16.5. The van der Waals surface area contributed by atoms with Crippen LogP contribution in [0.1, 0.15) is 63.8 Å². The number of carbonyl (C=O) groups excluding carboxylic acids is 1. The first-order valence-electron chi connectivity index (χ1n) is 12.8. The second-order valence-electron chi connectivity index (χ2n) is 10.6. The number of nitrogens with one attached hydrogen (secondary N) is 2. The van der Waals surface area contributed by atoms with Crippen molar-refractivity contribution in [3.63, 3.8) is 0 Å². The first-order chi connectivity index (χ1) is 16.7. The quantitative estimate of drug-likeness (QED) is 0.423. The lowest BCUT2D eigenvalue weighted by Gasteiger charge is -2.39. The summed E-state index contributed by atoms with van der Waals surface area (Å²) in [6.07, 6.45) is 1.51. The second-order valence-corrected chi connectivity index (χ2v) is 10.6. The van der Waals surface area contributed by atoms with Crippen molar-refractivity contribution in [1.82, 2.24) is 10.6 Å². The average molecular weight is 483 g/mol. The van der Waals surface area contributed by atoms with Gasteiger partial charge in [-0.1, -0.05) is 63.2 Å². The molecule has 1 heterocycles. The Labute approximate surface area is 210 Å². The molecule has 1 aliphatic rings. The highest BCUT2D eigenvalue weighted by Crippen LogP contribution is 2.40. The van der Waals surface area contributed by atoms with Crippen LogP contribution in [0.25, 0.3) is 0 Å². The number of aliphatic hydroxyl groups is 1. The molecule has 6 nitrogen and oxygen atoms in total. The van der Waals surface area contributed by atoms with Gasteiger partial charge in [0.2, 0.25) is 5.91 Å². The van der Waals surface area contributed by atoms with Gasteiger partial charge in [-0.25, -0.2) is 0 Å². The summed E-state index contributed by atoms with van der Waals surface area (Å²) in [6, 6.07) is 15.9. The van der Waals surface area contributed by atoms with Gasteiger partial charge in [-0.2, -0.15) is 0 Å². The van der Waals surface area contributed by atoms with Gasteiger partial charge in [-0.15, -0.1) is 0 Å². The van der Waals surface area contributed by atoms with E-state index in [0.29, 0.717) is 25.5 Å². The molecule has 2 aromatic carbocycles. The smallest absolute Gasteiger partial charge is 0.246 e. The highest BCUT2D eigenvalue weighted by molar-refractivity contribution is 5.77. The fourth-order valence-electron chi connectivity index (χ4n) is 4.50. The number of carbonyl (C=O) groups is 1. The van der Waals surface area contributed by atoms with E-state index < -0.39 is 12.1 Å². The molecule has 0 fully saturated rings. The molecule has 0 radical (unpaired) electrons. The maximum Gasteiger partial charge on any atom is 0.246 e. The molecular weight excluding hydrogens is 440 g/mol. The lowest BCUT2D eigenvalue weighted by Crippen LogP contribution is -2.50. The van der Waals surface area contributed by atoms with E-state index in [1.54, 1.807) is 0 Å². The predicted octanol–water partition coefficient (Wildman–Crippen LogP) is 4.20. The summed E-state index contributed by atoms with van der Waals surface area (Å²) < 4.78 is 11.7. The van der Waals surface area contributed by atoms with Crippen LogP contribution < -0.4 is 15.4 Å². The summed E-state index contributed by atoms with van der Waals surface area (Å²) >= 11 is 0. The van der Waals surface area contributed by atoms with Crippen LogP contribution in [0.5, 0.6) is 5.75 Å². The molecule has 3 N–H and O–H groups in total. The lowest BCUT2D eigenvalue weighted by atomic mass is 9.88. The number of benzene rings is 2. The summed E-state index contributed by atoms with van der Waals surface area (Å²) in [4.78, 5) is 12.6. The van der Waals surface area contributed by atoms with Gasteiger partial charge in [0.1, 0.15) is 18.0 Å². The van der Waals surface area contributed by atoms with Crippen LogP contribution in [-0.4, -0.2) is 48.5 Å². The molecule has 35 heavy (non-hydrogen) atoms. The number of ether oxygens (including phenoxy) is 2. The third-order valence-electron chi connectivity index (χ3n) is 6.31. The van der Waals surface area contributed by atoms with Gasteiger partial charge >= 0.3 is 0 Å². The van der Waals surface area contributed by atoms with E-state index in [1.165, 1.54) is 5.56 Å². The molecule has 1 amide bonds. The number of hydrogen-bond acceptors (Lipinski definition) is 5. The van der Waals surface area contributed by atoms with Gasteiger partial charge in [0, 0.05) is 31.2 Å². The van der Waals surface area contributed by atoms with Crippen molar-refractivity contribution in [2.75, 3.05) is 19.8 Å². The zero-order chi connectivity index (χ0) is 25.4. The van der Waals surface area contributed by atoms with Crippen molar-refractivity contribution >= 4 is 5.91 Å². The number of amides is 1. The van der Waals surface area contributed by atoms with Crippen molar-refractivity contribution in [2.45, 2.75) is 77.7 Å². The first kappa shape index (κ1) is 27.2. The summed E-state index contributed by atoms with van der Waals surface area (Å²) in [5.74, 6) is 1.04. The second kappa shape index (κ2) is 12.5. The van der Waals surface area contributed by atoms with E-state index in [0.717, 1.165) is 29.7 Å². The van der Waals surface area contributed by atoms with Crippen molar-refractivity contribution in [1.29, 1.82) is 0 Å². The SMILES string of the molecule is CCc1ccc2c(c1)[C@@H](NC[C@@H](O)[C@H](Cc1ccccc1)NC(=O)COCC(C)C)CC(C)(C)O2. The Bertz CT molecular complexity index is 945. The van der Waals surface area contributed by atoms with Crippen molar-refractivity contribution in [3.05, 3.63) is 65.2 Å². The maximum absolute atomic E-state index is 12.6. The number of fused-ring (bicyclic) bond motifs is 1. The van der Waals surface area contributed by atoms with E-state index in [2.05, 4.69) is 49.6 Å². The van der Waals surface area contributed by atoms with Gasteiger partial charge in [0.25, 0.3) is 0 Å². The van der Waals surface area contributed by atoms with Crippen LogP contribution in [0, 0.1) is 5.92 Å². The molecular formula is C29H42N2O4. The van der Waals surface area contributed by atoms with E-state index in [9.17, 15) is 9.90 Å². The minimum absolute atomic E-state index is 0.00899. The number of rotatable bonds is 12. The van der Waals surface area contributed by atoms with E-state index in [-0.39, 0.29) is 24.2 Å². The molecule has 3 rings (SSSR count). The van der Waals surface area contributed by atoms with Crippen molar-refractivity contribution < 1.29 is 19.4 Å².